The molecule has 1 aromatic carbocycles. The van der Waals surface area contributed by atoms with Gasteiger partial charge in [-0.2, -0.15) is 0 Å². The molecule has 0 aliphatic rings. The van der Waals surface area contributed by atoms with Crippen molar-refractivity contribution in [2.45, 2.75) is 33.4 Å². The van der Waals surface area contributed by atoms with Gasteiger partial charge in [0.15, 0.2) is 0 Å². The number of nitrogens with one attached hydrogen (secondary N) is 1. The summed E-state index contributed by atoms with van der Waals surface area (Å²) in [5.41, 5.74) is 1.50. The maximum Gasteiger partial charge on any atom is 0.130 e. The number of nitrogens with zero attached hydrogens (tertiary/aromatic N) is 1. The number of pyridine rings is 1. The number of halogens is 1. The van der Waals surface area contributed by atoms with Gasteiger partial charge < -0.3 is 10.1 Å². The fraction of sp³-hybridized carbons (Fsp3) is 0.312. The summed E-state index contributed by atoms with van der Waals surface area (Å²) < 4.78 is 19.1. The van der Waals surface area contributed by atoms with Crippen molar-refractivity contribution in [2.24, 2.45) is 0 Å². The molecule has 4 heteroatoms. The van der Waals surface area contributed by atoms with E-state index in [-0.39, 0.29) is 5.82 Å². The summed E-state index contributed by atoms with van der Waals surface area (Å²) in [5, 5.41) is 3.29. The Morgan fingerprint density at radius 3 is 2.65 bits per heavy atom. The Morgan fingerprint density at radius 1 is 1.20 bits per heavy atom. The van der Waals surface area contributed by atoms with Crippen LogP contribution in [0.2, 0.25) is 0 Å². The number of hydrogen-bond acceptors (Lipinski definition) is 3. The molecule has 0 saturated carbocycles. The highest BCUT2D eigenvalue weighted by Gasteiger charge is 2.04. The predicted octanol–water partition coefficient (Wildman–Crippen LogP) is 3.82. The molecule has 2 rings (SSSR count). The Labute approximate surface area is 118 Å². The van der Waals surface area contributed by atoms with Gasteiger partial charge in [-0.15, -0.1) is 0 Å². The van der Waals surface area contributed by atoms with E-state index >= 15 is 0 Å². The first kappa shape index (κ1) is 14.5. The molecule has 2 aromatic rings. The van der Waals surface area contributed by atoms with Gasteiger partial charge in [-0.3, -0.25) is 4.98 Å². The van der Waals surface area contributed by atoms with Crippen molar-refractivity contribution in [3.8, 4) is 11.5 Å². The van der Waals surface area contributed by atoms with Crippen LogP contribution in [0.25, 0.3) is 0 Å². The molecule has 0 saturated heterocycles. The summed E-state index contributed by atoms with van der Waals surface area (Å²) in [6.45, 7) is 6.56. The third-order valence-electron chi connectivity index (χ3n) is 2.86. The van der Waals surface area contributed by atoms with E-state index in [0.29, 0.717) is 29.6 Å². The van der Waals surface area contributed by atoms with Gasteiger partial charge in [0, 0.05) is 30.9 Å². The maximum atomic E-state index is 13.5. The number of rotatable bonds is 5. The molecule has 1 N–H and O–H groups in total. The second kappa shape index (κ2) is 6.48. The highest BCUT2D eigenvalue weighted by Crippen LogP contribution is 2.23. The number of benzene rings is 1. The molecular formula is C16H19FN2O. The Bertz CT molecular complexity index is 584. The van der Waals surface area contributed by atoms with Crippen molar-refractivity contribution >= 4 is 0 Å². The Kier molecular flexibility index (Phi) is 4.69. The quantitative estimate of drug-likeness (QED) is 0.900. The summed E-state index contributed by atoms with van der Waals surface area (Å²) in [6, 6.07) is 8.86. The molecule has 0 radical (unpaired) electrons. The molecule has 0 spiro atoms. The summed E-state index contributed by atoms with van der Waals surface area (Å²) in [5.74, 6) is 0.879. The first-order valence-corrected chi connectivity index (χ1v) is 6.67. The molecule has 0 unspecified atom stereocenters. The van der Waals surface area contributed by atoms with Gasteiger partial charge in [0.1, 0.15) is 17.3 Å². The van der Waals surface area contributed by atoms with Crippen LogP contribution in [0.1, 0.15) is 25.1 Å². The average Bonchev–Trinajstić information content (AvgIpc) is 2.41. The summed E-state index contributed by atoms with van der Waals surface area (Å²) in [7, 11) is 0. The van der Waals surface area contributed by atoms with Crippen molar-refractivity contribution < 1.29 is 9.13 Å². The minimum atomic E-state index is -0.266. The summed E-state index contributed by atoms with van der Waals surface area (Å²) in [4.78, 5) is 4.27. The van der Waals surface area contributed by atoms with Gasteiger partial charge >= 0.3 is 0 Å². The van der Waals surface area contributed by atoms with Crippen molar-refractivity contribution in [1.82, 2.24) is 10.3 Å². The molecule has 3 nitrogen and oxygen atoms in total. The van der Waals surface area contributed by atoms with Crippen molar-refractivity contribution in [3.63, 3.8) is 0 Å². The molecule has 1 heterocycles. The largest absolute Gasteiger partial charge is 0.457 e. The monoisotopic (exact) mass is 274 g/mol. The zero-order chi connectivity index (χ0) is 14.5. The fourth-order valence-corrected chi connectivity index (χ4v) is 1.70. The van der Waals surface area contributed by atoms with E-state index in [2.05, 4.69) is 24.1 Å². The Hall–Kier alpha value is -1.94. The van der Waals surface area contributed by atoms with E-state index in [1.165, 1.54) is 6.07 Å². The van der Waals surface area contributed by atoms with E-state index in [1.807, 2.05) is 6.07 Å². The van der Waals surface area contributed by atoms with E-state index in [9.17, 15) is 4.39 Å². The van der Waals surface area contributed by atoms with Crippen LogP contribution in [-0.2, 0) is 6.54 Å². The van der Waals surface area contributed by atoms with Crippen LogP contribution in [0.15, 0.2) is 36.5 Å². The number of aromatic nitrogens is 1. The predicted molar refractivity (Wildman–Crippen MR) is 77.4 cm³/mol. The topological polar surface area (TPSA) is 34.1 Å². The van der Waals surface area contributed by atoms with E-state index in [1.54, 1.807) is 31.3 Å². The highest BCUT2D eigenvalue weighted by molar-refractivity contribution is 5.33. The van der Waals surface area contributed by atoms with Crippen molar-refractivity contribution in [3.05, 3.63) is 53.6 Å². The molecule has 1 aromatic heterocycles. The second-order valence-electron chi connectivity index (χ2n) is 5.03. The Balaban J connectivity index is 2.08. The molecule has 0 bridgehead atoms. The van der Waals surface area contributed by atoms with Crippen LogP contribution in [0.5, 0.6) is 11.5 Å². The third kappa shape index (κ3) is 4.03. The van der Waals surface area contributed by atoms with Crippen LogP contribution in [-0.4, -0.2) is 11.0 Å². The molecule has 0 amide bonds. The fourth-order valence-electron chi connectivity index (χ4n) is 1.70. The zero-order valence-electron chi connectivity index (χ0n) is 12.0. The number of aryl methyl sites for hydroxylation is 1. The lowest BCUT2D eigenvalue weighted by atomic mass is 10.2. The molecule has 20 heavy (non-hydrogen) atoms. The van der Waals surface area contributed by atoms with Crippen molar-refractivity contribution in [1.29, 1.82) is 0 Å². The lowest BCUT2D eigenvalue weighted by molar-refractivity contribution is 0.473. The van der Waals surface area contributed by atoms with Crippen molar-refractivity contribution in [2.75, 3.05) is 0 Å². The molecular weight excluding hydrogens is 255 g/mol. The molecule has 106 valence electrons. The first-order valence-electron chi connectivity index (χ1n) is 6.67. The lowest BCUT2D eigenvalue weighted by Crippen LogP contribution is -2.22. The molecule has 0 aliphatic heterocycles. The van der Waals surface area contributed by atoms with Crippen LogP contribution in [0.3, 0.4) is 0 Å². The zero-order valence-corrected chi connectivity index (χ0v) is 12.0. The van der Waals surface area contributed by atoms with Crippen LogP contribution >= 0.6 is 0 Å². The van der Waals surface area contributed by atoms with Crippen LogP contribution < -0.4 is 10.1 Å². The van der Waals surface area contributed by atoms with Gasteiger partial charge in [0.05, 0.1) is 5.69 Å². The number of ether oxygens (including phenoxy) is 1. The second-order valence-corrected chi connectivity index (χ2v) is 5.03. The highest BCUT2D eigenvalue weighted by atomic mass is 19.1. The normalized spacial score (nSPS) is 10.8. The van der Waals surface area contributed by atoms with E-state index in [4.69, 9.17) is 4.74 Å². The van der Waals surface area contributed by atoms with E-state index in [0.717, 1.165) is 5.69 Å². The Morgan fingerprint density at radius 2 is 1.95 bits per heavy atom. The van der Waals surface area contributed by atoms with Gasteiger partial charge in [-0.25, -0.2) is 4.39 Å². The van der Waals surface area contributed by atoms with Gasteiger partial charge in [-0.05, 0) is 24.6 Å². The minimum Gasteiger partial charge on any atom is -0.457 e. The maximum absolute atomic E-state index is 13.5. The standard InChI is InChI=1S/C16H19FN2O/c1-11(2)19-10-13-8-15(6-7-18-13)20-14-5-4-12(3)16(17)9-14/h4-9,11,19H,10H2,1-3H3. The smallest absolute Gasteiger partial charge is 0.130 e. The third-order valence-corrected chi connectivity index (χ3v) is 2.86. The SMILES string of the molecule is Cc1ccc(Oc2ccnc(CNC(C)C)c2)cc1F. The molecule has 0 atom stereocenters. The lowest BCUT2D eigenvalue weighted by Gasteiger charge is -2.10. The molecule has 0 aliphatic carbocycles. The molecule has 0 fully saturated rings. The van der Waals surface area contributed by atoms with Crippen LogP contribution in [0, 0.1) is 12.7 Å². The van der Waals surface area contributed by atoms with Gasteiger partial charge in [0.2, 0.25) is 0 Å². The summed E-state index contributed by atoms with van der Waals surface area (Å²) in [6.07, 6.45) is 1.69. The number of hydrogen-bond donors (Lipinski definition) is 1. The van der Waals surface area contributed by atoms with Crippen LogP contribution in [0.4, 0.5) is 4.39 Å². The van der Waals surface area contributed by atoms with Gasteiger partial charge in [-0.1, -0.05) is 19.9 Å². The minimum absolute atomic E-state index is 0.266. The summed E-state index contributed by atoms with van der Waals surface area (Å²) >= 11 is 0. The van der Waals surface area contributed by atoms with E-state index < -0.39 is 0 Å². The average molecular weight is 274 g/mol. The first-order chi connectivity index (χ1) is 9.54. The van der Waals surface area contributed by atoms with Gasteiger partial charge in [0.25, 0.3) is 0 Å².